The molecule has 1 heterocycles. The number of aromatic nitrogens is 1. The number of rotatable bonds is 6. The van der Waals surface area contributed by atoms with Gasteiger partial charge in [-0.25, -0.2) is 4.98 Å². The molecule has 1 aromatic heterocycles. The largest absolute Gasteiger partial charge is 0.481 e. The van der Waals surface area contributed by atoms with Crippen LogP contribution in [0.2, 0.25) is 0 Å². The Labute approximate surface area is 118 Å². The van der Waals surface area contributed by atoms with E-state index >= 15 is 0 Å². The van der Waals surface area contributed by atoms with E-state index in [0.717, 1.165) is 35.0 Å². The quantitative estimate of drug-likeness (QED) is 0.838. The van der Waals surface area contributed by atoms with E-state index < -0.39 is 11.9 Å². The minimum Gasteiger partial charge on any atom is -0.481 e. The maximum atomic E-state index is 11.1. The van der Waals surface area contributed by atoms with Crippen LogP contribution in [-0.2, 0) is 11.2 Å². The molecule has 106 valence electrons. The van der Waals surface area contributed by atoms with Gasteiger partial charge in [-0.3, -0.25) is 4.79 Å². The van der Waals surface area contributed by atoms with E-state index in [1.54, 1.807) is 11.3 Å². The number of thiazole rings is 1. The van der Waals surface area contributed by atoms with Crippen molar-refractivity contribution in [2.45, 2.75) is 58.4 Å². The molecule has 0 fully saturated rings. The second kappa shape index (κ2) is 5.90. The summed E-state index contributed by atoms with van der Waals surface area (Å²) in [6, 6.07) is 0.379. The maximum absolute atomic E-state index is 11.1. The zero-order valence-electron chi connectivity index (χ0n) is 11.8. The molecular formula is C14H22N2O2S. The average molecular weight is 282 g/mol. The molecule has 4 nitrogen and oxygen atoms in total. The van der Waals surface area contributed by atoms with Gasteiger partial charge in [0.25, 0.3) is 0 Å². The van der Waals surface area contributed by atoms with Crippen LogP contribution in [-0.4, -0.2) is 22.1 Å². The van der Waals surface area contributed by atoms with Crippen molar-refractivity contribution in [3.63, 3.8) is 0 Å². The van der Waals surface area contributed by atoms with Crippen LogP contribution in [0.5, 0.6) is 0 Å². The lowest BCUT2D eigenvalue weighted by Crippen LogP contribution is -2.25. The summed E-state index contributed by atoms with van der Waals surface area (Å²) < 4.78 is 0. The van der Waals surface area contributed by atoms with E-state index in [-0.39, 0.29) is 0 Å². The van der Waals surface area contributed by atoms with E-state index in [1.807, 2.05) is 0 Å². The Kier molecular flexibility index (Phi) is 4.45. The molecule has 0 aromatic carbocycles. The van der Waals surface area contributed by atoms with Crippen LogP contribution in [0.15, 0.2) is 0 Å². The second-order valence-electron chi connectivity index (χ2n) is 5.27. The molecule has 2 unspecified atom stereocenters. The highest BCUT2D eigenvalue weighted by Gasteiger charge is 2.32. The van der Waals surface area contributed by atoms with Crippen molar-refractivity contribution in [3.05, 3.63) is 10.6 Å². The fraction of sp³-hybridized carbons (Fsp3) is 0.714. The van der Waals surface area contributed by atoms with Crippen molar-refractivity contribution in [2.75, 3.05) is 5.32 Å². The van der Waals surface area contributed by atoms with Gasteiger partial charge in [-0.05, 0) is 25.7 Å². The molecule has 0 saturated carbocycles. The van der Waals surface area contributed by atoms with Gasteiger partial charge in [0, 0.05) is 10.9 Å². The predicted molar refractivity (Wildman–Crippen MR) is 78.0 cm³/mol. The third-order valence-electron chi connectivity index (χ3n) is 4.12. The van der Waals surface area contributed by atoms with Crippen LogP contribution in [0, 0.1) is 5.92 Å². The van der Waals surface area contributed by atoms with Gasteiger partial charge in [0.15, 0.2) is 5.13 Å². The highest BCUT2D eigenvalue weighted by atomic mass is 32.1. The highest BCUT2D eigenvalue weighted by Crippen LogP contribution is 2.38. The summed E-state index contributed by atoms with van der Waals surface area (Å²) in [5, 5.41) is 13.5. The molecule has 0 radical (unpaired) electrons. The Hall–Kier alpha value is -1.10. The number of nitrogens with zero attached hydrogens (tertiary/aromatic N) is 1. The Bertz CT molecular complexity index is 454. The molecule has 0 saturated heterocycles. The van der Waals surface area contributed by atoms with Gasteiger partial charge >= 0.3 is 5.97 Å². The van der Waals surface area contributed by atoms with E-state index in [0.29, 0.717) is 18.4 Å². The van der Waals surface area contributed by atoms with Crippen LogP contribution in [0.4, 0.5) is 5.13 Å². The first kappa shape index (κ1) is 14.3. The third kappa shape index (κ3) is 2.91. The summed E-state index contributed by atoms with van der Waals surface area (Å²) in [5.41, 5.74) is 0.789. The standard InChI is InChI=1S/C14H22N2O2S/c1-4-9(5-2)8(3)15-14-16-12-10(13(17)18)6-7-11(12)19-14/h8-10H,4-7H2,1-3H3,(H,15,16)(H,17,18). The molecule has 0 amide bonds. The smallest absolute Gasteiger partial charge is 0.312 e. The maximum Gasteiger partial charge on any atom is 0.312 e. The molecule has 0 spiro atoms. The van der Waals surface area contributed by atoms with Gasteiger partial charge in [0.1, 0.15) is 5.92 Å². The van der Waals surface area contributed by atoms with Crippen LogP contribution < -0.4 is 5.32 Å². The number of carbonyl (C=O) groups is 1. The average Bonchev–Trinajstić information content (AvgIpc) is 2.89. The van der Waals surface area contributed by atoms with Gasteiger partial charge in [-0.15, -0.1) is 11.3 Å². The molecule has 2 N–H and O–H groups in total. The summed E-state index contributed by atoms with van der Waals surface area (Å²) in [6.07, 6.45) is 3.85. The summed E-state index contributed by atoms with van der Waals surface area (Å²) in [4.78, 5) is 16.8. The van der Waals surface area contributed by atoms with Crippen molar-refractivity contribution >= 4 is 22.4 Å². The van der Waals surface area contributed by atoms with Gasteiger partial charge in [-0.2, -0.15) is 0 Å². The number of carboxylic acids is 1. The molecule has 1 aliphatic carbocycles. The molecule has 1 aromatic rings. The monoisotopic (exact) mass is 282 g/mol. The van der Waals surface area contributed by atoms with Crippen molar-refractivity contribution in [1.29, 1.82) is 0 Å². The van der Waals surface area contributed by atoms with Gasteiger partial charge < -0.3 is 10.4 Å². The van der Waals surface area contributed by atoms with Crippen molar-refractivity contribution in [3.8, 4) is 0 Å². The molecule has 5 heteroatoms. The summed E-state index contributed by atoms with van der Waals surface area (Å²) >= 11 is 1.62. The number of anilines is 1. The zero-order valence-corrected chi connectivity index (χ0v) is 12.6. The Balaban J connectivity index is 2.08. The fourth-order valence-corrected chi connectivity index (χ4v) is 3.97. The van der Waals surface area contributed by atoms with Gasteiger partial charge in [-0.1, -0.05) is 26.7 Å². The zero-order chi connectivity index (χ0) is 14.0. The van der Waals surface area contributed by atoms with E-state index in [1.165, 1.54) is 0 Å². The number of hydrogen-bond acceptors (Lipinski definition) is 4. The molecule has 1 aliphatic rings. The molecule has 0 bridgehead atoms. The Morgan fingerprint density at radius 3 is 2.79 bits per heavy atom. The Morgan fingerprint density at radius 1 is 1.53 bits per heavy atom. The first-order valence-corrected chi connectivity index (χ1v) is 7.87. The summed E-state index contributed by atoms with van der Waals surface area (Å²) in [7, 11) is 0. The highest BCUT2D eigenvalue weighted by molar-refractivity contribution is 7.15. The SMILES string of the molecule is CCC(CC)C(C)Nc1nc2c(s1)CCC2C(=O)O. The van der Waals surface area contributed by atoms with Gasteiger partial charge in [0.05, 0.1) is 5.69 Å². The fourth-order valence-electron chi connectivity index (χ4n) is 2.84. The molecule has 0 aliphatic heterocycles. The van der Waals surface area contributed by atoms with Crippen molar-refractivity contribution < 1.29 is 9.90 Å². The number of carboxylic acid groups (broad SMARTS) is 1. The number of nitrogens with one attached hydrogen (secondary N) is 1. The lowest BCUT2D eigenvalue weighted by Gasteiger charge is -2.22. The van der Waals surface area contributed by atoms with Gasteiger partial charge in [0.2, 0.25) is 0 Å². The minimum atomic E-state index is -0.747. The molecule has 2 atom stereocenters. The summed E-state index contributed by atoms with van der Waals surface area (Å²) in [5.74, 6) is -0.511. The normalized spacial score (nSPS) is 19.5. The number of hydrogen-bond donors (Lipinski definition) is 2. The topological polar surface area (TPSA) is 62.2 Å². The first-order chi connectivity index (χ1) is 9.06. The number of aliphatic carboxylic acids is 1. The van der Waals surface area contributed by atoms with Crippen LogP contribution in [0.1, 0.15) is 56.5 Å². The van der Waals surface area contributed by atoms with E-state index in [9.17, 15) is 4.79 Å². The lowest BCUT2D eigenvalue weighted by atomic mass is 9.96. The number of fused-ring (bicyclic) bond motifs is 1. The number of aryl methyl sites for hydroxylation is 1. The molecule has 2 rings (SSSR count). The lowest BCUT2D eigenvalue weighted by molar-refractivity contribution is -0.138. The minimum absolute atomic E-state index is 0.379. The van der Waals surface area contributed by atoms with E-state index in [2.05, 4.69) is 31.1 Å². The predicted octanol–water partition coefficient (Wildman–Crippen LogP) is 3.49. The van der Waals surface area contributed by atoms with Crippen molar-refractivity contribution in [1.82, 2.24) is 4.98 Å². The van der Waals surface area contributed by atoms with Crippen LogP contribution >= 0.6 is 11.3 Å². The third-order valence-corrected chi connectivity index (χ3v) is 5.18. The van der Waals surface area contributed by atoms with Crippen LogP contribution in [0.25, 0.3) is 0 Å². The van der Waals surface area contributed by atoms with Crippen LogP contribution in [0.3, 0.4) is 0 Å². The first-order valence-electron chi connectivity index (χ1n) is 7.05. The Morgan fingerprint density at radius 2 is 2.21 bits per heavy atom. The molecule has 19 heavy (non-hydrogen) atoms. The van der Waals surface area contributed by atoms with E-state index in [4.69, 9.17) is 5.11 Å². The second-order valence-corrected chi connectivity index (χ2v) is 6.35. The van der Waals surface area contributed by atoms with Crippen molar-refractivity contribution in [2.24, 2.45) is 5.92 Å². The summed E-state index contributed by atoms with van der Waals surface area (Å²) in [6.45, 7) is 6.59. The molecular weight excluding hydrogens is 260 g/mol.